The van der Waals surface area contributed by atoms with Crippen molar-refractivity contribution in [2.75, 3.05) is 10.2 Å². The van der Waals surface area contributed by atoms with Gasteiger partial charge in [-0.2, -0.15) is 0 Å². The highest BCUT2D eigenvalue weighted by Crippen LogP contribution is 2.39. The lowest BCUT2D eigenvalue weighted by Gasteiger charge is -2.27. The number of fused-ring (bicyclic) bond motifs is 1. The minimum Gasteiger partial charge on any atom is -0.360 e. The zero-order chi connectivity index (χ0) is 18.3. The molecule has 2 aromatic carbocycles. The molecule has 1 aliphatic heterocycles. The van der Waals surface area contributed by atoms with Crippen molar-refractivity contribution in [2.24, 2.45) is 0 Å². The minimum absolute atomic E-state index is 0.0960. The number of halogens is 2. The highest BCUT2D eigenvalue weighted by Gasteiger charge is 2.38. The highest BCUT2D eigenvalue weighted by molar-refractivity contribution is 6.36. The summed E-state index contributed by atoms with van der Waals surface area (Å²) in [5.74, 6) is 0.495. The monoisotopic (exact) mass is 383 g/mol. The Morgan fingerprint density at radius 2 is 1.88 bits per heavy atom. The molecule has 1 atom stereocenters. The van der Waals surface area contributed by atoms with Crippen molar-refractivity contribution in [3.05, 3.63) is 87.5 Å². The summed E-state index contributed by atoms with van der Waals surface area (Å²) in [6.07, 6.45) is 1.29. The Kier molecular flexibility index (Phi) is 4.31. The summed E-state index contributed by atoms with van der Waals surface area (Å²) in [6.45, 7) is 1.97. The summed E-state index contributed by atoms with van der Waals surface area (Å²) >= 11 is 12.3. The number of aryl methyl sites for hydroxylation is 1. The first-order valence-corrected chi connectivity index (χ1v) is 8.87. The maximum Gasteiger partial charge on any atom is 0.261 e. The smallest absolute Gasteiger partial charge is 0.261 e. The van der Waals surface area contributed by atoms with Crippen molar-refractivity contribution in [3.63, 3.8) is 0 Å². The predicted molar refractivity (Wildman–Crippen MR) is 105 cm³/mol. The number of anilines is 2. The molecule has 130 valence electrons. The number of amides is 1. The molecule has 6 heteroatoms. The van der Waals surface area contributed by atoms with Gasteiger partial charge in [-0.1, -0.05) is 41.4 Å². The maximum absolute atomic E-state index is 13.0. The molecule has 4 rings (SSSR count). The van der Waals surface area contributed by atoms with Crippen LogP contribution in [0.3, 0.4) is 0 Å². The van der Waals surface area contributed by atoms with E-state index in [2.05, 4.69) is 10.3 Å². The standard InChI is InChI=1S/C20H15Cl2N3O/c1-12-8-9-23-18(10-12)25-19(14-4-2-3-5-15(14)20(25)26)24-17-7-6-13(21)11-16(17)22/h2-11,19,24H,1H3/t19-/m0/s1. The SMILES string of the molecule is Cc1ccnc(N2C(=O)c3ccccc3[C@H]2Nc2ccc(Cl)cc2Cl)c1. The predicted octanol–water partition coefficient (Wildman–Crippen LogP) is 5.47. The number of carbonyl (C=O) groups is 1. The molecule has 0 saturated heterocycles. The van der Waals surface area contributed by atoms with Gasteiger partial charge in [0.05, 0.1) is 10.7 Å². The van der Waals surface area contributed by atoms with E-state index in [0.717, 1.165) is 11.1 Å². The largest absolute Gasteiger partial charge is 0.360 e. The van der Waals surface area contributed by atoms with Crippen LogP contribution in [0, 0.1) is 6.92 Å². The van der Waals surface area contributed by atoms with Crippen LogP contribution in [-0.4, -0.2) is 10.9 Å². The molecule has 4 nitrogen and oxygen atoms in total. The van der Waals surface area contributed by atoms with Gasteiger partial charge in [0.15, 0.2) is 0 Å². The van der Waals surface area contributed by atoms with Crippen molar-refractivity contribution in [3.8, 4) is 0 Å². The van der Waals surface area contributed by atoms with E-state index in [9.17, 15) is 4.79 Å². The van der Waals surface area contributed by atoms with E-state index in [1.165, 1.54) is 0 Å². The fourth-order valence-electron chi connectivity index (χ4n) is 3.10. The highest BCUT2D eigenvalue weighted by atomic mass is 35.5. The van der Waals surface area contributed by atoms with Crippen LogP contribution in [0.5, 0.6) is 0 Å². The van der Waals surface area contributed by atoms with Crippen LogP contribution in [0.2, 0.25) is 10.0 Å². The van der Waals surface area contributed by atoms with Gasteiger partial charge in [-0.15, -0.1) is 0 Å². The van der Waals surface area contributed by atoms with Crippen LogP contribution < -0.4 is 10.2 Å². The first kappa shape index (κ1) is 16.9. The number of carbonyl (C=O) groups excluding carboxylic acids is 1. The molecule has 0 radical (unpaired) electrons. The number of nitrogens with one attached hydrogen (secondary N) is 1. The fraction of sp³-hybridized carbons (Fsp3) is 0.100. The lowest BCUT2D eigenvalue weighted by atomic mass is 10.1. The van der Waals surface area contributed by atoms with Crippen LogP contribution in [-0.2, 0) is 0 Å². The molecule has 1 amide bonds. The molecule has 0 aliphatic carbocycles. The summed E-state index contributed by atoms with van der Waals surface area (Å²) in [4.78, 5) is 19.1. The Labute approximate surface area is 161 Å². The van der Waals surface area contributed by atoms with Gasteiger partial charge in [0, 0.05) is 22.3 Å². The zero-order valence-electron chi connectivity index (χ0n) is 13.9. The second-order valence-electron chi connectivity index (χ2n) is 6.12. The Balaban J connectivity index is 1.81. The zero-order valence-corrected chi connectivity index (χ0v) is 15.4. The molecule has 0 bridgehead atoms. The molecule has 0 spiro atoms. The van der Waals surface area contributed by atoms with Gasteiger partial charge in [0.25, 0.3) is 5.91 Å². The van der Waals surface area contributed by atoms with Crippen LogP contribution in [0.1, 0.15) is 27.7 Å². The van der Waals surface area contributed by atoms with E-state index in [4.69, 9.17) is 23.2 Å². The van der Waals surface area contributed by atoms with Gasteiger partial charge in [-0.25, -0.2) is 4.98 Å². The number of pyridine rings is 1. The van der Waals surface area contributed by atoms with Crippen molar-refractivity contribution >= 4 is 40.6 Å². The Morgan fingerprint density at radius 3 is 2.65 bits per heavy atom. The number of rotatable bonds is 3. The summed E-state index contributed by atoms with van der Waals surface area (Å²) in [6, 6.07) is 16.6. The molecule has 1 N–H and O–H groups in total. The van der Waals surface area contributed by atoms with Gasteiger partial charge in [-0.05, 0) is 48.9 Å². The third-order valence-electron chi connectivity index (χ3n) is 4.33. The molecule has 1 aromatic heterocycles. The van der Waals surface area contributed by atoms with Gasteiger partial charge < -0.3 is 5.32 Å². The van der Waals surface area contributed by atoms with Gasteiger partial charge >= 0.3 is 0 Å². The number of aromatic nitrogens is 1. The lowest BCUT2D eigenvalue weighted by Crippen LogP contribution is -2.33. The summed E-state index contributed by atoms with van der Waals surface area (Å²) in [7, 11) is 0. The van der Waals surface area contributed by atoms with Crippen molar-refractivity contribution in [1.29, 1.82) is 0 Å². The van der Waals surface area contributed by atoms with Crippen molar-refractivity contribution in [1.82, 2.24) is 4.98 Å². The Bertz CT molecular complexity index is 1010. The molecule has 2 heterocycles. The second kappa shape index (κ2) is 6.63. The van der Waals surface area contributed by atoms with Gasteiger partial charge in [-0.3, -0.25) is 9.69 Å². The number of hydrogen-bond donors (Lipinski definition) is 1. The van der Waals surface area contributed by atoms with Gasteiger partial charge in [0.2, 0.25) is 0 Å². The van der Waals surface area contributed by atoms with Crippen LogP contribution in [0.15, 0.2) is 60.8 Å². The summed E-state index contributed by atoms with van der Waals surface area (Å²) in [5, 5.41) is 4.41. The molecule has 26 heavy (non-hydrogen) atoms. The number of nitrogens with zero attached hydrogens (tertiary/aromatic N) is 2. The van der Waals surface area contributed by atoms with Crippen LogP contribution >= 0.6 is 23.2 Å². The quantitative estimate of drug-likeness (QED) is 0.652. The Morgan fingerprint density at radius 1 is 1.08 bits per heavy atom. The summed E-state index contributed by atoms with van der Waals surface area (Å²) < 4.78 is 0. The molecule has 0 saturated carbocycles. The van der Waals surface area contributed by atoms with Gasteiger partial charge in [0.1, 0.15) is 12.0 Å². The third-order valence-corrected chi connectivity index (χ3v) is 4.88. The third kappa shape index (κ3) is 2.91. The first-order chi connectivity index (χ1) is 12.5. The average Bonchev–Trinajstić information content (AvgIpc) is 2.90. The van der Waals surface area contributed by atoms with E-state index >= 15 is 0 Å². The topological polar surface area (TPSA) is 45.2 Å². The van der Waals surface area contributed by atoms with E-state index in [-0.39, 0.29) is 5.91 Å². The minimum atomic E-state index is -0.410. The first-order valence-electron chi connectivity index (χ1n) is 8.11. The van der Waals surface area contributed by atoms with E-state index in [0.29, 0.717) is 27.1 Å². The van der Waals surface area contributed by atoms with E-state index in [1.54, 1.807) is 29.3 Å². The fourth-order valence-corrected chi connectivity index (χ4v) is 3.56. The molecule has 1 aliphatic rings. The van der Waals surface area contributed by atoms with Crippen LogP contribution in [0.4, 0.5) is 11.5 Å². The molecule has 0 fully saturated rings. The van der Waals surface area contributed by atoms with E-state index < -0.39 is 6.17 Å². The maximum atomic E-state index is 13.0. The second-order valence-corrected chi connectivity index (χ2v) is 6.97. The number of benzene rings is 2. The molecular formula is C20H15Cl2N3O. The average molecular weight is 384 g/mol. The van der Waals surface area contributed by atoms with Crippen molar-refractivity contribution in [2.45, 2.75) is 13.1 Å². The number of hydrogen-bond acceptors (Lipinski definition) is 3. The lowest BCUT2D eigenvalue weighted by molar-refractivity contribution is 0.0992. The molecule has 3 aromatic rings. The summed E-state index contributed by atoms with van der Waals surface area (Å²) in [5.41, 5.74) is 3.26. The Hall–Kier alpha value is -2.56. The molecular weight excluding hydrogens is 369 g/mol. The van der Waals surface area contributed by atoms with Crippen molar-refractivity contribution < 1.29 is 4.79 Å². The van der Waals surface area contributed by atoms with Crippen LogP contribution in [0.25, 0.3) is 0 Å². The molecule has 0 unspecified atom stereocenters. The van der Waals surface area contributed by atoms with E-state index in [1.807, 2.05) is 43.3 Å². The normalized spacial score (nSPS) is 15.9.